The first-order valence-corrected chi connectivity index (χ1v) is 9.97. The number of amidine groups is 1. The van der Waals surface area contributed by atoms with Crippen LogP contribution in [-0.2, 0) is 9.53 Å². The Bertz CT molecular complexity index is 743. The van der Waals surface area contributed by atoms with Crippen LogP contribution in [0.25, 0.3) is 0 Å². The number of hydrogen-bond acceptors (Lipinski definition) is 7. The van der Waals surface area contributed by atoms with Crippen molar-refractivity contribution in [3.05, 3.63) is 35.0 Å². The number of carbonyl (C=O) groups excluding carboxylic acids is 1. The summed E-state index contributed by atoms with van der Waals surface area (Å²) in [6.45, 7) is 8.29. The van der Waals surface area contributed by atoms with E-state index in [0.717, 1.165) is 22.2 Å². The molecule has 7 heteroatoms. The molecule has 1 N–H and O–H groups in total. The van der Waals surface area contributed by atoms with Gasteiger partial charge in [0.05, 0.1) is 26.4 Å². The molecule has 27 heavy (non-hydrogen) atoms. The third kappa shape index (κ3) is 5.19. The van der Waals surface area contributed by atoms with Gasteiger partial charge in [-0.2, -0.15) is 0 Å². The van der Waals surface area contributed by atoms with Gasteiger partial charge in [-0.1, -0.05) is 25.6 Å². The van der Waals surface area contributed by atoms with Crippen LogP contribution in [0.3, 0.4) is 0 Å². The molecular weight excluding hydrogens is 364 g/mol. The van der Waals surface area contributed by atoms with Crippen LogP contribution in [0.5, 0.6) is 11.5 Å². The van der Waals surface area contributed by atoms with Crippen molar-refractivity contribution in [2.45, 2.75) is 33.7 Å². The molecule has 1 heterocycles. The summed E-state index contributed by atoms with van der Waals surface area (Å²) in [6.07, 6.45) is 0. The number of nitrogens with zero attached hydrogens (tertiary/aromatic N) is 1. The minimum absolute atomic E-state index is 0.306. The van der Waals surface area contributed by atoms with Crippen molar-refractivity contribution in [1.82, 2.24) is 5.32 Å². The van der Waals surface area contributed by atoms with Crippen LogP contribution in [0.1, 0.15) is 39.3 Å². The quantitative estimate of drug-likeness (QED) is 0.709. The summed E-state index contributed by atoms with van der Waals surface area (Å²) in [5, 5.41) is 4.04. The average molecular weight is 393 g/mol. The third-order valence-corrected chi connectivity index (χ3v) is 5.32. The first-order chi connectivity index (χ1) is 12.9. The summed E-state index contributed by atoms with van der Waals surface area (Å²) in [5.74, 6) is 2.39. The molecule has 148 valence electrons. The van der Waals surface area contributed by atoms with Crippen molar-refractivity contribution in [2.24, 2.45) is 10.9 Å². The maximum absolute atomic E-state index is 12.6. The molecule has 0 saturated heterocycles. The van der Waals surface area contributed by atoms with Gasteiger partial charge in [0.25, 0.3) is 0 Å². The predicted molar refractivity (Wildman–Crippen MR) is 109 cm³/mol. The Labute approximate surface area is 165 Å². The number of hydrogen-bond donors (Lipinski definition) is 1. The van der Waals surface area contributed by atoms with Crippen LogP contribution in [-0.4, -0.2) is 37.7 Å². The van der Waals surface area contributed by atoms with Gasteiger partial charge in [-0.15, -0.1) is 0 Å². The molecule has 0 bridgehead atoms. The molecule has 0 aromatic heterocycles. The number of nitrogens with one attached hydrogen (secondary N) is 1. The standard InChI is InChI=1S/C20H28N2O4S/c1-7-26-19(23)17-13(4)21-20(27-11-12(2)3)22-18(17)15-9-8-14(24-5)10-16(15)25-6/h8-10,12,18H,7,11H2,1-6H3,(H,21,22)/t18-/m1/s1. The Morgan fingerprint density at radius 2 is 2.04 bits per heavy atom. The lowest BCUT2D eigenvalue weighted by Crippen LogP contribution is -2.31. The number of ether oxygens (including phenoxy) is 3. The zero-order valence-electron chi connectivity index (χ0n) is 16.8. The summed E-state index contributed by atoms with van der Waals surface area (Å²) in [6, 6.07) is 5.02. The molecule has 1 aliphatic heterocycles. The largest absolute Gasteiger partial charge is 0.497 e. The Morgan fingerprint density at radius 3 is 2.63 bits per heavy atom. The molecule has 0 saturated carbocycles. The number of esters is 1. The van der Waals surface area contributed by atoms with Gasteiger partial charge in [0.15, 0.2) is 5.17 Å². The molecule has 0 fully saturated rings. The number of methoxy groups -OCH3 is 2. The van der Waals surface area contributed by atoms with E-state index in [1.807, 2.05) is 19.1 Å². The number of aliphatic imine (C=N–C) groups is 1. The second-order valence-corrected chi connectivity index (χ2v) is 7.54. The summed E-state index contributed by atoms with van der Waals surface area (Å²) < 4.78 is 16.1. The van der Waals surface area contributed by atoms with Gasteiger partial charge in [0.1, 0.15) is 17.5 Å². The molecule has 1 aromatic rings. The highest BCUT2D eigenvalue weighted by molar-refractivity contribution is 8.13. The first kappa shape index (κ1) is 21.2. The van der Waals surface area contributed by atoms with E-state index < -0.39 is 6.04 Å². The number of carbonyl (C=O) groups is 1. The van der Waals surface area contributed by atoms with Crippen molar-refractivity contribution in [3.63, 3.8) is 0 Å². The maximum atomic E-state index is 12.6. The molecule has 0 aliphatic carbocycles. The number of thioether (sulfide) groups is 1. The summed E-state index contributed by atoms with van der Waals surface area (Å²) in [5.41, 5.74) is 2.04. The SMILES string of the molecule is CCOC(=O)C1=C(C)NC(SCC(C)C)=N[C@@H]1c1ccc(OC)cc1OC. The fourth-order valence-electron chi connectivity index (χ4n) is 2.71. The van der Waals surface area contributed by atoms with Crippen LogP contribution < -0.4 is 14.8 Å². The van der Waals surface area contributed by atoms with Crippen LogP contribution in [0.15, 0.2) is 34.5 Å². The lowest BCUT2D eigenvalue weighted by Gasteiger charge is -2.27. The number of rotatable bonds is 7. The van der Waals surface area contributed by atoms with Gasteiger partial charge in [0, 0.05) is 23.1 Å². The molecule has 0 unspecified atom stereocenters. The van der Waals surface area contributed by atoms with E-state index in [9.17, 15) is 4.79 Å². The molecule has 0 spiro atoms. The van der Waals surface area contributed by atoms with E-state index in [1.54, 1.807) is 39.0 Å². The molecule has 6 nitrogen and oxygen atoms in total. The highest BCUT2D eigenvalue weighted by Gasteiger charge is 2.32. The number of benzene rings is 1. The van der Waals surface area contributed by atoms with Crippen molar-refractivity contribution in [3.8, 4) is 11.5 Å². The first-order valence-electron chi connectivity index (χ1n) is 8.98. The van der Waals surface area contributed by atoms with Crippen molar-refractivity contribution in [2.75, 3.05) is 26.6 Å². The van der Waals surface area contributed by atoms with Gasteiger partial charge in [0.2, 0.25) is 0 Å². The summed E-state index contributed by atoms with van der Waals surface area (Å²) in [7, 11) is 3.20. The topological polar surface area (TPSA) is 69.2 Å². The van der Waals surface area contributed by atoms with E-state index in [2.05, 4.69) is 19.2 Å². The van der Waals surface area contributed by atoms with Crippen molar-refractivity contribution in [1.29, 1.82) is 0 Å². The van der Waals surface area contributed by atoms with Gasteiger partial charge in [-0.25, -0.2) is 9.79 Å². The van der Waals surface area contributed by atoms with Crippen LogP contribution in [0, 0.1) is 5.92 Å². The Balaban J connectivity index is 2.49. The van der Waals surface area contributed by atoms with E-state index in [4.69, 9.17) is 19.2 Å². The van der Waals surface area contributed by atoms with E-state index >= 15 is 0 Å². The highest BCUT2D eigenvalue weighted by Crippen LogP contribution is 2.39. The molecule has 1 atom stereocenters. The smallest absolute Gasteiger partial charge is 0.338 e. The highest BCUT2D eigenvalue weighted by atomic mass is 32.2. The maximum Gasteiger partial charge on any atom is 0.338 e. The third-order valence-electron chi connectivity index (χ3n) is 4.00. The lowest BCUT2D eigenvalue weighted by molar-refractivity contribution is -0.138. The van der Waals surface area contributed by atoms with Crippen LogP contribution in [0.2, 0.25) is 0 Å². The lowest BCUT2D eigenvalue weighted by atomic mass is 9.95. The fraction of sp³-hybridized carbons (Fsp3) is 0.500. The Morgan fingerprint density at radius 1 is 1.30 bits per heavy atom. The second kappa shape index (κ2) is 9.69. The Hall–Kier alpha value is -2.15. The monoisotopic (exact) mass is 392 g/mol. The molecule has 0 amide bonds. The summed E-state index contributed by atoms with van der Waals surface area (Å²) >= 11 is 1.64. The van der Waals surface area contributed by atoms with Gasteiger partial charge >= 0.3 is 5.97 Å². The van der Waals surface area contributed by atoms with Crippen molar-refractivity contribution >= 4 is 22.9 Å². The normalized spacial score (nSPS) is 16.7. The molecular formula is C20H28N2O4S. The number of allylic oxidation sites excluding steroid dienone is 1. The van der Waals surface area contributed by atoms with E-state index in [1.165, 1.54) is 0 Å². The minimum atomic E-state index is -0.499. The second-order valence-electron chi connectivity index (χ2n) is 6.53. The van der Waals surface area contributed by atoms with E-state index in [-0.39, 0.29) is 5.97 Å². The van der Waals surface area contributed by atoms with Gasteiger partial charge in [-0.3, -0.25) is 0 Å². The Kier molecular flexibility index (Phi) is 7.59. The minimum Gasteiger partial charge on any atom is -0.497 e. The molecule has 1 aliphatic rings. The zero-order chi connectivity index (χ0) is 20.0. The molecule has 0 radical (unpaired) electrons. The molecule has 1 aromatic carbocycles. The van der Waals surface area contributed by atoms with Gasteiger partial charge in [-0.05, 0) is 31.9 Å². The predicted octanol–water partition coefficient (Wildman–Crippen LogP) is 3.93. The van der Waals surface area contributed by atoms with Crippen molar-refractivity contribution < 1.29 is 19.0 Å². The van der Waals surface area contributed by atoms with Crippen LogP contribution >= 0.6 is 11.8 Å². The summed E-state index contributed by atoms with van der Waals surface area (Å²) in [4.78, 5) is 17.4. The fourth-order valence-corrected chi connectivity index (χ4v) is 3.61. The average Bonchev–Trinajstić information content (AvgIpc) is 2.65. The van der Waals surface area contributed by atoms with E-state index in [0.29, 0.717) is 29.6 Å². The van der Waals surface area contributed by atoms with Crippen LogP contribution in [0.4, 0.5) is 0 Å². The molecule has 2 rings (SSSR count). The van der Waals surface area contributed by atoms with Gasteiger partial charge < -0.3 is 19.5 Å². The zero-order valence-corrected chi connectivity index (χ0v) is 17.6.